The van der Waals surface area contributed by atoms with E-state index in [9.17, 15) is 4.79 Å². The molecule has 3 aromatic rings. The molecule has 0 bridgehead atoms. The van der Waals surface area contributed by atoms with Crippen LogP contribution in [0.15, 0.2) is 24.3 Å². The molecule has 0 aliphatic rings. The van der Waals surface area contributed by atoms with Crippen molar-refractivity contribution >= 4 is 11.6 Å². The number of amides is 1. The van der Waals surface area contributed by atoms with Crippen LogP contribution < -0.4 is 5.32 Å². The van der Waals surface area contributed by atoms with Crippen LogP contribution in [0.25, 0.3) is 11.4 Å². The molecular formula is C17H21N7O. The maximum atomic E-state index is 12.5. The Kier molecular flexibility index (Phi) is 4.35. The normalized spacial score (nSPS) is 12.2. The van der Waals surface area contributed by atoms with Gasteiger partial charge in [0.25, 0.3) is 5.91 Å². The number of hydrogen-bond acceptors (Lipinski definition) is 5. The summed E-state index contributed by atoms with van der Waals surface area (Å²) in [6, 6.07) is 7.25. The number of tetrazole rings is 1. The maximum Gasteiger partial charge on any atom is 0.250 e. The van der Waals surface area contributed by atoms with Crippen LogP contribution in [0, 0.1) is 20.8 Å². The quantitative estimate of drug-likeness (QED) is 0.787. The van der Waals surface area contributed by atoms with Gasteiger partial charge >= 0.3 is 0 Å². The van der Waals surface area contributed by atoms with Crippen LogP contribution in [-0.2, 0) is 11.8 Å². The summed E-state index contributed by atoms with van der Waals surface area (Å²) in [5.74, 6) is 0.278. The zero-order chi connectivity index (χ0) is 18.1. The van der Waals surface area contributed by atoms with Crippen LogP contribution in [-0.4, -0.2) is 35.9 Å². The Bertz CT molecular complexity index is 908. The van der Waals surface area contributed by atoms with Crippen molar-refractivity contribution in [2.75, 3.05) is 5.32 Å². The van der Waals surface area contributed by atoms with Crippen LogP contribution in [0.3, 0.4) is 0 Å². The van der Waals surface area contributed by atoms with Gasteiger partial charge in [0, 0.05) is 12.6 Å². The lowest BCUT2D eigenvalue weighted by Gasteiger charge is -2.11. The van der Waals surface area contributed by atoms with Gasteiger partial charge in [0.05, 0.1) is 17.1 Å². The molecule has 0 aliphatic carbocycles. The zero-order valence-electron chi connectivity index (χ0n) is 15.0. The average molecular weight is 339 g/mol. The maximum absolute atomic E-state index is 12.5. The lowest BCUT2D eigenvalue weighted by molar-refractivity contribution is -0.119. The summed E-state index contributed by atoms with van der Waals surface area (Å²) in [6.45, 7) is 7.51. The van der Waals surface area contributed by atoms with Gasteiger partial charge in [-0.3, -0.25) is 9.48 Å². The predicted molar refractivity (Wildman–Crippen MR) is 94.0 cm³/mol. The van der Waals surface area contributed by atoms with E-state index >= 15 is 0 Å². The molecule has 2 heterocycles. The molecule has 0 radical (unpaired) electrons. The minimum Gasteiger partial charge on any atom is -0.321 e. The summed E-state index contributed by atoms with van der Waals surface area (Å²) < 4.78 is 1.73. The van der Waals surface area contributed by atoms with E-state index in [0.29, 0.717) is 5.82 Å². The third-order valence-corrected chi connectivity index (χ3v) is 4.22. The fourth-order valence-corrected chi connectivity index (χ4v) is 2.49. The summed E-state index contributed by atoms with van der Waals surface area (Å²) in [5.41, 5.74) is 4.41. The topological polar surface area (TPSA) is 90.5 Å². The number of aromatic nitrogens is 6. The monoisotopic (exact) mass is 339 g/mol. The van der Waals surface area contributed by atoms with Crippen molar-refractivity contribution < 1.29 is 4.79 Å². The average Bonchev–Trinajstić information content (AvgIpc) is 3.16. The molecule has 0 aliphatic heterocycles. The van der Waals surface area contributed by atoms with E-state index in [1.54, 1.807) is 11.6 Å². The molecule has 1 aromatic carbocycles. The summed E-state index contributed by atoms with van der Waals surface area (Å²) in [5, 5.41) is 19.6. The molecule has 2 aromatic heterocycles. The highest BCUT2D eigenvalue weighted by molar-refractivity contribution is 5.94. The number of rotatable bonds is 4. The second kappa shape index (κ2) is 6.46. The van der Waals surface area contributed by atoms with Gasteiger partial charge in [0.15, 0.2) is 0 Å². The van der Waals surface area contributed by atoms with Gasteiger partial charge < -0.3 is 5.32 Å². The lowest BCUT2D eigenvalue weighted by Crippen LogP contribution is -2.26. The molecule has 0 fully saturated rings. The Labute approximate surface area is 145 Å². The van der Waals surface area contributed by atoms with Crippen molar-refractivity contribution in [3.05, 3.63) is 41.2 Å². The number of nitrogens with zero attached hydrogens (tertiary/aromatic N) is 6. The largest absolute Gasteiger partial charge is 0.321 e. The molecule has 1 atom stereocenters. The van der Waals surface area contributed by atoms with Crippen molar-refractivity contribution in [3.8, 4) is 11.4 Å². The molecule has 3 rings (SSSR count). The molecule has 25 heavy (non-hydrogen) atoms. The highest BCUT2D eigenvalue weighted by atomic mass is 16.2. The SMILES string of the molecule is Cc1ccc(-c2nnn([C@H](C)C(=O)Nc3c(C)nn(C)c3C)n2)cc1. The van der Waals surface area contributed by atoms with E-state index in [0.717, 1.165) is 28.2 Å². The summed E-state index contributed by atoms with van der Waals surface area (Å²) >= 11 is 0. The van der Waals surface area contributed by atoms with Gasteiger partial charge in [0.1, 0.15) is 6.04 Å². The van der Waals surface area contributed by atoms with Crippen LogP contribution in [0.5, 0.6) is 0 Å². The second-order valence-corrected chi connectivity index (χ2v) is 6.13. The minimum absolute atomic E-state index is 0.216. The first kappa shape index (κ1) is 16.8. The van der Waals surface area contributed by atoms with E-state index in [4.69, 9.17) is 0 Å². The first-order valence-corrected chi connectivity index (χ1v) is 8.04. The highest BCUT2D eigenvalue weighted by Crippen LogP contribution is 2.20. The van der Waals surface area contributed by atoms with E-state index in [-0.39, 0.29) is 5.91 Å². The first-order valence-electron chi connectivity index (χ1n) is 8.04. The number of aryl methyl sites for hydroxylation is 3. The van der Waals surface area contributed by atoms with E-state index < -0.39 is 6.04 Å². The molecule has 1 amide bonds. The van der Waals surface area contributed by atoms with Crippen molar-refractivity contribution in [2.24, 2.45) is 7.05 Å². The molecule has 8 nitrogen and oxygen atoms in total. The second-order valence-electron chi connectivity index (χ2n) is 6.13. The van der Waals surface area contributed by atoms with Gasteiger partial charge in [-0.15, -0.1) is 10.2 Å². The van der Waals surface area contributed by atoms with Crippen molar-refractivity contribution in [1.82, 2.24) is 30.0 Å². The Morgan fingerprint density at radius 3 is 2.40 bits per heavy atom. The third kappa shape index (κ3) is 3.28. The molecular weight excluding hydrogens is 318 g/mol. The lowest BCUT2D eigenvalue weighted by atomic mass is 10.1. The fraction of sp³-hybridized carbons (Fsp3) is 0.353. The number of hydrogen-bond donors (Lipinski definition) is 1. The van der Waals surface area contributed by atoms with Crippen molar-refractivity contribution in [1.29, 1.82) is 0 Å². The summed E-state index contributed by atoms with van der Waals surface area (Å²) in [4.78, 5) is 13.9. The van der Waals surface area contributed by atoms with Gasteiger partial charge in [-0.25, -0.2) is 0 Å². The van der Waals surface area contributed by atoms with Gasteiger partial charge in [0.2, 0.25) is 5.82 Å². The minimum atomic E-state index is -0.592. The Morgan fingerprint density at radius 1 is 1.12 bits per heavy atom. The molecule has 8 heteroatoms. The fourth-order valence-electron chi connectivity index (χ4n) is 2.49. The number of anilines is 1. The standard InChI is InChI=1S/C17H21N7O/c1-10-6-8-14(9-7-10)16-19-22-24(21-16)13(4)17(25)18-15-11(2)20-23(5)12(15)3/h6-9,13H,1-5H3,(H,18,25)/t13-/m1/s1. The molecule has 0 saturated carbocycles. The van der Waals surface area contributed by atoms with Crippen molar-refractivity contribution in [2.45, 2.75) is 33.7 Å². The molecule has 1 N–H and O–H groups in total. The van der Waals surface area contributed by atoms with E-state index in [1.807, 2.05) is 52.1 Å². The Balaban J connectivity index is 1.78. The molecule has 130 valence electrons. The van der Waals surface area contributed by atoms with Crippen LogP contribution in [0.4, 0.5) is 5.69 Å². The number of carbonyl (C=O) groups is 1. The Hall–Kier alpha value is -3.03. The highest BCUT2D eigenvalue weighted by Gasteiger charge is 2.21. The van der Waals surface area contributed by atoms with Crippen molar-refractivity contribution in [3.63, 3.8) is 0 Å². The Morgan fingerprint density at radius 2 is 1.80 bits per heavy atom. The van der Waals surface area contributed by atoms with Crippen LogP contribution >= 0.6 is 0 Å². The number of nitrogens with one attached hydrogen (secondary N) is 1. The summed E-state index contributed by atoms with van der Waals surface area (Å²) in [7, 11) is 1.84. The van der Waals surface area contributed by atoms with Crippen LogP contribution in [0.2, 0.25) is 0 Å². The number of carbonyl (C=O) groups excluding carboxylic acids is 1. The molecule has 0 spiro atoms. The van der Waals surface area contributed by atoms with Gasteiger partial charge in [-0.1, -0.05) is 29.8 Å². The van der Waals surface area contributed by atoms with Gasteiger partial charge in [-0.05, 0) is 32.9 Å². The third-order valence-electron chi connectivity index (χ3n) is 4.22. The predicted octanol–water partition coefficient (Wildman–Crippen LogP) is 2.20. The number of benzene rings is 1. The summed E-state index contributed by atoms with van der Waals surface area (Å²) in [6.07, 6.45) is 0. The first-order chi connectivity index (χ1) is 11.9. The van der Waals surface area contributed by atoms with Crippen LogP contribution in [0.1, 0.15) is 29.9 Å². The smallest absolute Gasteiger partial charge is 0.250 e. The molecule has 0 unspecified atom stereocenters. The van der Waals surface area contributed by atoms with E-state index in [2.05, 4.69) is 25.8 Å². The van der Waals surface area contributed by atoms with E-state index in [1.165, 1.54) is 4.80 Å². The molecule has 0 saturated heterocycles. The van der Waals surface area contributed by atoms with Gasteiger partial charge in [-0.2, -0.15) is 9.90 Å². The zero-order valence-corrected chi connectivity index (χ0v) is 15.0.